The summed E-state index contributed by atoms with van der Waals surface area (Å²) in [7, 11) is -9.71. The molecule has 0 aliphatic heterocycles. The second-order valence-corrected chi connectivity index (χ2v) is 8.69. The van der Waals surface area contributed by atoms with Crippen LogP contribution < -0.4 is 10.1 Å². The van der Waals surface area contributed by atoms with Crippen LogP contribution in [-0.4, -0.2) is 37.1 Å². The number of hydrogen-bond donors (Lipinski definition) is 5. The molecule has 0 fully saturated rings. The molecule has 0 aromatic heterocycles. The summed E-state index contributed by atoms with van der Waals surface area (Å²) < 4.78 is 65.7. The molecule has 0 saturated heterocycles. The summed E-state index contributed by atoms with van der Waals surface area (Å²) in [5, 5.41) is -0.660. The predicted octanol–water partition coefficient (Wildman–Crippen LogP) is 2.13. The summed E-state index contributed by atoms with van der Waals surface area (Å²) in [6.07, 6.45) is -4.80. The fourth-order valence-electron chi connectivity index (χ4n) is 1.72. The Kier molecular flexibility index (Phi) is 6.21. The SMILES string of the molecule is COc1ccc(NC(=S)C(P(=O)(O)O)P(=O)(O)O)cc1C(F)(F)F. The first kappa shape index (κ1) is 21.0. The van der Waals surface area contributed by atoms with Crippen LogP contribution in [0.25, 0.3) is 0 Å². The van der Waals surface area contributed by atoms with Crippen molar-refractivity contribution in [1.29, 1.82) is 0 Å². The Morgan fingerprint density at radius 3 is 2.08 bits per heavy atom. The molecule has 0 saturated carbocycles. The Labute approximate surface area is 139 Å². The maximum Gasteiger partial charge on any atom is 0.420 e. The van der Waals surface area contributed by atoms with Gasteiger partial charge in [-0.25, -0.2) is 0 Å². The molecule has 5 N–H and O–H groups in total. The van der Waals surface area contributed by atoms with Crippen LogP contribution in [-0.2, 0) is 15.3 Å². The first-order valence-electron chi connectivity index (χ1n) is 5.84. The lowest BCUT2D eigenvalue weighted by Crippen LogP contribution is -2.26. The number of methoxy groups -OCH3 is 1. The van der Waals surface area contributed by atoms with E-state index in [1.54, 1.807) is 0 Å². The number of benzene rings is 1. The van der Waals surface area contributed by atoms with Crippen LogP contribution >= 0.6 is 27.4 Å². The van der Waals surface area contributed by atoms with Gasteiger partial charge in [0.2, 0.25) is 5.40 Å². The van der Waals surface area contributed by atoms with Gasteiger partial charge in [-0.15, -0.1) is 0 Å². The maximum absolute atomic E-state index is 12.9. The van der Waals surface area contributed by atoms with Crippen molar-refractivity contribution in [3.05, 3.63) is 23.8 Å². The van der Waals surface area contributed by atoms with E-state index in [-0.39, 0.29) is 5.69 Å². The highest BCUT2D eigenvalue weighted by Crippen LogP contribution is 2.60. The van der Waals surface area contributed by atoms with Crippen molar-refractivity contribution in [3.63, 3.8) is 0 Å². The van der Waals surface area contributed by atoms with E-state index in [4.69, 9.17) is 19.6 Å². The molecule has 0 aliphatic carbocycles. The molecule has 24 heavy (non-hydrogen) atoms. The van der Waals surface area contributed by atoms with Crippen LogP contribution in [0.1, 0.15) is 5.56 Å². The number of rotatable bonds is 5. The first-order chi connectivity index (χ1) is 10.7. The zero-order valence-electron chi connectivity index (χ0n) is 11.8. The van der Waals surface area contributed by atoms with Crippen molar-refractivity contribution in [2.24, 2.45) is 0 Å². The van der Waals surface area contributed by atoms with Crippen LogP contribution in [0.5, 0.6) is 5.75 Å². The molecular formula is C10H12F3NO7P2S. The molecule has 8 nitrogen and oxygen atoms in total. The lowest BCUT2D eigenvalue weighted by molar-refractivity contribution is -0.138. The number of hydrogen-bond acceptors (Lipinski definition) is 4. The normalized spacial score (nSPS) is 13.0. The van der Waals surface area contributed by atoms with Crippen LogP contribution in [0, 0.1) is 0 Å². The van der Waals surface area contributed by atoms with Gasteiger partial charge in [-0.1, -0.05) is 12.2 Å². The zero-order chi connectivity index (χ0) is 18.9. The van der Waals surface area contributed by atoms with Crippen LogP contribution in [0.15, 0.2) is 18.2 Å². The molecule has 14 heteroatoms. The van der Waals surface area contributed by atoms with Crippen LogP contribution in [0.4, 0.5) is 18.9 Å². The van der Waals surface area contributed by atoms with Crippen molar-refractivity contribution in [2.75, 3.05) is 12.4 Å². The Bertz CT molecular complexity index is 708. The third-order valence-corrected chi connectivity index (χ3v) is 6.93. The van der Waals surface area contributed by atoms with Gasteiger partial charge >= 0.3 is 21.4 Å². The Hall–Kier alpha value is -1.00. The highest BCUT2D eigenvalue weighted by atomic mass is 32.1. The molecule has 0 atom stereocenters. The monoisotopic (exact) mass is 409 g/mol. The molecule has 1 aromatic carbocycles. The predicted molar refractivity (Wildman–Crippen MR) is 82.1 cm³/mol. The molecule has 136 valence electrons. The third-order valence-electron chi connectivity index (χ3n) is 2.64. The molecular weight excluding hydrogens is 397 g/mol. The highest BCUT2D eigenvalue weighted by Gasteiger charge is 2.47. The molecule has 0 heterocycles. The summed E-state index contributed by atoms with van der Waals surface area (Å²) in [5.74, 6) is -0.513. The lowest BCUT2D eigenvalue weighted by Gasteiger charge is -2.22. The minimum absolute atomic E-state index is 0.375. The zero-order valence-corrected chi connectivity index (χ0v) is 14.4. The van der Waals surface area contributed by atoms with Gasteiger partial charge < -0.3 is 29.6 Å². The van der Waals surface area contributed by atoms with Gasteiger partial charge in [-0.3, -0.25) is 9.13 Å². The van der Waals surface area contributed by atoms with Crippen molar-refractivity contribution >= 4 is 38.1 Å². The number of ether oxygens (including phenoxy) is 1. The molecule has 0 spiro atoms. The van der Waals surface area contributed by atoms with E-state index < -0.39 is 43.1 Å². The van der Waals surface area contributed by atoms with Crippen LogP contribution in [0.2, 0.25) is 0 Å². The quantitative estimate of drug-likeness (QED) is 0.366. The summed E-state index contributed by atoms with van der Waals surface area (Å²) in [6, 6.07) is 2.48. The lowest BCUT2D eigenvalue weighted by atomic mass is 10.1. The van der Waals surface area contributed by atoms with E-state index in [1.165, 1.54) is 0 Å². The van der Waals surface area contributed by atoms with E-state index in [1.807, 2.05) is 5.32 Å². The van der Waals surface area contributed by atoms with Crippen molar-refractivity contribution in [1.82, 2.24) is 0 Å². The summed E-state index contributed by atoms with van der Waals surface area (Å²) >= 11 is 4.54. The molecule has 0 aliphatic rings. The molecule has 1 aromatic rings. The van der Waals surface area contributed by atoms with E-state index in [0.29, 0.717) is 6.07 Å². The first-order valence-corrected chi connectivity index (χ1v) is 9.61. The van der Waals surface area contributed by atoms with E-state index >= 15 is 0 Å². The van der Waals surface area contributed by atoms with E-state index in [0.717, 1.165) is 19.2 Å². The largest absolute Gasteiger partial charge is 0.496 e. The maximum atomic E-state index is 12.9. The van der Waals surface area contributed by atoms with Crippen molar-refractivity contribution in [3.8, 4) is 5.75 Å². The van der Waals surface area contributed by atoms with Gasteiger partial charge in [0, 0.05) is 5.69 Å². The van der Waals surface area contributed by atoms with E-state index in [9.17, 15) is 22.3 Å². The molecule has 0 bridgehead atoms. The summed E-state index contributed by atoms with van der Waals surface area (Å²) in [5.41, 5.74) is -1.58. The average Bonchev–Trinajstić information content (AvgIpc) is 2.33. The number of anilines is 1. The van der Waals surface area contributed by atoms with Gasteiger partial charge in [0.1, 0.15) is 10.7 Å². The Morgan fingerprint density at radius 1 is 1.21 bits per heavy atom. The topological polar surface area (TPSA) is 136 Å². The second-order valence-electron chi connectivity index (χ2n) is 4.45. The number of alkyl halides is 3. The van der Waals surface area contributed by atoms with Gasteiger partial charge in [0.15, 0.2) is 0 Å². The molecule has 0 unspecified atom stereocenters. The second kappa shape index (κ2) is 7.09. The van der Waals surface area contributed by atoms with Gasteiger partial charge in [0.25, 0.3) is 0 Å². The molecule has 0 amide bonds. The third kappa shape index (κ3) is 5.25. The summed E-state index contributed by atoms with van der Waals surface area (Å²) in [4.78, 5) is 35.1. The van der Waals surface area contributed by atoms with Gasteiger partial charge in [0.05, 0.1) is 12.7 Å². The van der Waals surface area contributed by atoms with Gasteiger partial charge in [-0.05, 0) is 18.2 Å². The molecule has 1 rings (SSSR count). The van der Waals surface area contributed by atoms with E-state index in [2.05, 4.69) is 17.0 Å². The number of thiocarbonyl (C=S) groups is 1. The van der Waals surface area contributed by atoms with Crippen LogP contribution in [0.3, 0.4) is 0 Å². The minimum Gasteiger partial charge on any atom is -0.496 e. The number of nitrogens with one attached hydrogen (secondary N) is 1. The minimum atomic E-state index is -5.36. The number of halogens is 3. The van der Waals surface area contributed by atoms with Crippen molar-refractivity contribution in [2.45, 2.75) is 11.6 Å². The fourth-order valence-corrected chi connectivity index (χ4v) is 4.96. The molecule has 0 radical (unpaired) electrons. The standard InChI is InChI=1S/C10H12F3NO7P2S/c1-21-7-3-2-5(4-6(7)10(11,12)13)14-8(24)9(22(15,16)17)23(18,19)20/h2-4,9H,1H3,(H,14,24)(H2,15,16,17)(H2,18,19,20). The smallest absolute Gasteiger partial charge is 0.420 e. The Morgan fingerprint density at radius 2 is 1.71 bits per heavy atom. The van der Waals surface area contributed by atoms with Crippen molar-refractivity contribution < 1.29 is 46.6 Å². The Balaban J connectivity index is 3.24. The highest BCUT2D eigenvalue weighted by molar-refractivity contribution is 7.85. The fraction of sp³-hybridized carbons (Fsp3) is 0.300. The average molecular weight is 409 g/mol. The van der Waals surface area contributed by atoms with Gasteiger partial charge in [-0.2, -0.15) is 13.2 Å². The summed E-state index contributed by atoms with van der Waals surface area (Å²) in [6.45, 7) is 0.